The van der Waals surface area contributed by atoms with Crippen LogP contribution in [0.4, 0.5) is 4.39 Å². The Morgan fingerprint density at radius 2 is 2.16 bits per heavy atom. The van der Waals surface area contributed by atoms with Gasteiger partial charge in [-0.3, -0.25) is 0 Å². The largest absolute Gasteiger partial charge is 0.490 e. The lowest BCUT2D eigenvalue weighted by atomic mass is 10.0. The smallest absolute Gasteiger partial charge is 0.142 e. The van der Waals surface area contributed by atoms with Gasteiger partial charge in [-0.1, -0.05) is 29.4 Å². The van der Waals surface area contributed by atoms with E-state index in [-0.39, 0.29) is 18.5 Å². The van der Waals surface area contributed by atoms with Crippen molar-refractivity contribution in [3.8, 4) is 5.75 Å². The molecule has 1 aromatic heterocycles. The maximum absolute atomic E-state index is 13.3. The fourth-order valence-corrected chi connectivity index (χ4v) is 2.72. The van der Waals surface area contributed by atoms with E-state index < -0.39 is 0 Å². The molecule has 0 aliphatic carbocycles. The van der Waals surface area contributed by atoms with Crippen molar-refractivity contribution in [2.75, 3.05) is 6.61 Å². The number of fused-ring (bicyclic) bond motifs is 1. The first-order valence-corrected chi connectivity index (χ1v) is 7.82. The van der Waals surface area contributed by atoms with Gasteiger partial charge >= 0.3 is 0 Å². The van der Waals surface area contributed by atoms with Crippen LogP contribution < -0.4 is 4.74 Å². The van der Waals surface area contributed by atoms with Gasteiger partial charge in [-0.05, 0) is 29.8 Å². The molecule has 1 aliphatic rings. The zero-order chi connectivity index (χ0) is 17.1. The molecule has 0 N–H and O–H groups in total. The third-order valence-corrected chi connectivity index (χ3v) is 3.91. The molecular formula is C18H15FN4O2. The average molecular weight is 338 g/mol. The second kappa shape index (κ2) is 6.72. The Hall–Kier alpha value is -3.22. The molecule has 6 nitrogen and oxygen atoms in total. The molecule has 0 amide bonds. The predicted molar refractivity (Wildman–Crippen MR) is 88.7 cm³/mol. The highest BCUT2D eigenvalue weighted by atomic mass is 19.1. The van der Waals surface area contributed by atoms with E-state index in [1.807, 2.05) is 24.3 Å². The number of hydrogen-bond donors (Lipinski definition) is 0. The minimum Gasteiger partial charge on any atom is -0.490 e. The Morgan fingerprint density at radius 1 is 1.24 bits per heavy atom. The summed E-state index contributed by atoms with van der Waals surface area (Å²) < 4.78 is 20.7. The summed E-state index contributed by atoms with van der Waals surface area (Å²) in [6, 6.07) is 13.6. The maximum Gasteiger partial charge on any atom is 0.142 e. The second-order valence-electron chi connectivity index (χ2n) is 5.58. The molecule has 0 fully saturated rings. The highest BCUT2D eigenvalue weighted by Crippen LogP contribution is 2.29. The van der Waals surface area contributed by atoms with Crippen molar-refractivity contribution in [3.63, 3.8) is 0 Å². The normalized spacial score (nSPS) is 17.8. The van der Waals surface area contributed by atoms with E-state index in [9.17, 15) is 4.39 Å². The summed E-state index contributed by atoms with van der Waals surface area (Å²) in [4.78, 5) is 9.49. The second-order valence-corrected chi connectivity index (χ2v) is 5.58. The van der Waals surface area contributed by atoms with Gasteiger partial charge in [0.15, 0.2) is 0 Å². The third-order valence-electron chi connectivity index (χ3n) is 3.91. The van der Waals surface area contributed by atoms with Gasteiger partial charge < -0.3 is 9.57 Å². The number of rotatable bonds is 4. The summed E-state index contributed by atoms with van der Waals surface area (Å²) in [7, 11) is 0. The van der Waals surface area contributed by atoms with Crippen molar-refractivity contribution in [2.24, 2.45) is 5.16 Å². The highest BCUT2D eigenvalue weighted by Gasteiger charge is 2.29. The molecule has 0 radical (unpaired) electrons. The van der Waals surface area contributed by atoms with Crippen LogP contribution in [0.25, 0.3) is 0 Å². The van der Waals surface area contributed by atoms with Crippen molar-refractivity contribution in [2.45, 2.75) is 12.6 Å². The number of hydrogen-bond acceptors (Lipinski definition) is 5. The fraction of sp³-hybridized carbons (Fsp3) is 0.167. The molecule has 25 heavy (non-hydrogen) atoms. The molecule has 1 unspecified atom stereocenters. The minimum absolute atomic E-state index is 0.175. The lowest BCUT2D eigenvalue weighted by molar-refractivity contribution is 0.126. The summed E-state index contributed by atoms with van der Waals surface area (Å²) in [6.07, 6.45) is 3.08. The van der Waals surface area contributed by atoms with Crippen LogP contribution in [-0.4, -0.2) is 27.1 Å². The molecule has 7 heteroatoms. The van der Waals surface area contributed by atoms with Gasteiger partial charge in [0.2, 0.25) is 0 Å². The fourth-order valence-electron chi connectivity index (χ4n) is 2.72. The van der Waals surface area contributed by atoms with E-state index in [4.69, 9.17) is 9.57 Å². The van der Waals surface area contributed by atoms with E-state index in [0.717, 1.165) is 11.3 Å². The van der Waals surface area contributed by atoms with E-state index in [2.05, 4.69) is 15.2 Å². The lowest BCUT2D eigenvalue weighted by Gasteiger charge is -2.26. The number of ether oxygens (including phenoxy) is 1. The molecule has 2 heterocycles. The first kappa shape index (κ1) is 15.3. The van der Waals surface area contributed by atoms with Crippen molar-refractivity contribution >= 4 is 5.71 Å². The van der Waals surface area contributed by atoms with Crippen molar-refractivity contribution < 1.29 is 14.0 Å². The first-order valence-electron chi connectivity index (χ1n) is 7.82. The zero-order valence-corrected chi connectivity index (χ0v) is 13.2. The summed E-state index contributed by atoms with van der Waals surface area (Å²) in [5, 5.41) is 8.49. The molecule has 0 saturated heterocycles. The van der Waals surface area contributed by atoms with E-state index in [1.165, 1.54) is 18.5 Å². The Morgan fingerprint density at radius 3 is 3.00 bits per heavy atom. The predicted octanol–water partition coefficient (Wildman–Crippen LogP) is 2.97. The van der Waals surface area contributed by atoms with Crippen LogP contribution in [-0.2, 0) is 11.4 Å². The maximum atomic E-state index is 13.3. The summed E-state index contributed by atoms with van der Waals surface area (Å²) >= 11 is 0. The molecule has 0 spiro atoms. The average Bonchev–Trinajstić information content (AvgIpc) is 3.16. The Balaban J connectivity index is 1.62. The number of aromatic nitrogens is 3. The standard InChI is InChI=1S/C18H15FN4O2/c19-14-5-3-4-13(8-14)9-25-22-18-15-6-1-2-7-17(15)24-10-16(18)23-12-20-11-21-23/h1-8,11-12,16H,9-10H2/b22-18-. The third kappa shape index (κ3) is 3.21. The Kier molecular flexibility index (Phi) is 4.12. The molecular weight excluding hydrogens is 323 g/mol. The van der Waals surface area contributed by atoms with Crippen molar-refractivity contribution in [1.82, 2.24) is 14.8 Å². The molecule has 0 bridgehead atoms. The van der Waals surface area contributed by atoms with Crippen LogP contribution in [0.15, 0.2) is 66.3 Å². The molecule has 0 saturated carbocycles. The van der Waals surface area contributed by atoms with Crippen LogP contribution in [0.3, 0.4) is 0 Å². The SMILES string of the molecule is Fc1cccc(CO/N=C2/c3ccccc3OCC2n2cncn2)c1. The van der Waals surface area contributed by atoms with E-state index >= 15 is 0 Å². The first-order chi connectivity index (χ1) is 12.3. The molecule has 2 aromatic carbocycles. The highest BCUT2D eigenvalue weighted by molar-refractivity contribution is 6.06. The number of para-hydroxylation sites is 1. The van der Waals surface area contributed by atoms with Crippen LogP contribution in [0, 0.1) is 5.82 Å². The quantitative estimate of drug-likeness (QED) is 0.686. The van der Waals surface area contributed by atoms with Gasteiger partial charge in [-0.25, -0.2) is 14.1 Å². The summed E-state index contributed by atoms with van der Waals surface area (Å²) in [5.41, 5.74) is 2.25. The molecule has 3 aromatic rings. The van der Waals surface area contributed by atoms with Crippen molar-refractivity contribution in [1.29, 1.82) is 0 Å². The molecule has 4 rings (SSSR count). The van der Waals surface area contributed by atoms with E-state index in [0.29, 0.717) is 17.9 Å². The Labute approximate surface area is 143 Å². The van der Waals surface area contributed by atoms with E-state index in [1.54, 1.807) is 23.1 Å². The molecule has 126 valence electrons. The van der Waals surface area contributed by atoms with Crippen LogP contribution >= 0.6 is 0 Å². The van der Waals surface area contributed by atoms with Gasteiger partial charge in [0.25, 0.3) is 0 Å². The van der Waals surface area contributed by atoms with Gasteiger partial charge in [-0.15, -0.1) is 0 Å². The van der Waals surface area contributed by atoms with Gasteiger partial charge in [0, 0.05) is 5.56 Å². The van der Waals surface area contributed by atoms with Gasteiger partial charge in [-0.2, -0.15) is 5.10 Å². The molecule has 1 atom stereocenters. The summed E-state index contributed by atoms with van der Waals surface area (Å²) in [5.74, 6) is 0.442. The number of benzene rings is 2. The number of oxime groups is 1. The zero-order valence-electron chi connectivity index (χ0n) is 13.2. The number of nitrogens with zero attached hydrogens (tertiary/aromatic N) is 4. The minimum atomic E-state index is -0.300. The van der Waals surface area contributed by atoms with Crippen molar-refractivity contribution in [3.05, 3.63) is 78.1 Å². The monoisotopic (exact) mass is 338 g/mol. The van der Waals surface area contributed by atoms with Gasteiger partial charge in [0.05, 0.1) is 0 Å². The van der Waals surface area contributed by atoms with Gasteiger partial charge in [0.1, 0.15) is 49.2 Å². The van der Waals surface area contributed by atoms with Crippen LogP contribution in [0.5, 0.6) is 5.75 Å². The lowest BCUT2D eigenvalue weighted by Crippen LogP contribution is -2.31. The Bertz CT molecular complexity index is 896. The van der Waals surface area contributed by atoms with Crippen LogP contribution in [0.1, 0.15) is 17.2 Å². The molecule has 1 aliphatic heterocycles. The van der Waals surface area contributed by atoms with Crippen LogP contribution in [0.2, 0.25) is 0 Å². The summed E-state index contributed by atoms with van der Waals surface area (Å²) in [6.45, 7) is 0.552. The number of halogens is 1. The topological polar surface area (TPSA) is 61.5 Å².